The summed E-state index contributed by atoms with van der Waals surface area (Å²) in [6.45, 7) is 8.11. The molecular formula is C31H32N2O. The molecule has 1 heterocycles. The lowest BCUT2D eigenvalue weighted by atomic mass is 9.96. The number of imidazole rings is 1. The molecule has 3 nitrogen and oxygen atoms in total. The van der Waals surface area contributed by atoms with Crippen LogP contribution in [-0.2, 0) is 13.0 Å². The number of hydrogen-bond donors (Lipinski definition) is 0. The van der Waals surface area contributed by atoms with E-state index in [1.807, 2.05) is 0 Å². The Morgan fingerprint density at radius 2 is 1.53 bits per heavy atom. The molecule has 1 atom stereocenters. The molecule has 0 radical (unpaired) electrons. The zero-order valence-electron chi connectivity index (χ0n) is 20.2. The number of aromatic nitrogens is 2. The van der Waals surface area contributed by atoms with E-state index in [9.17, 15) is 0 Å². The Hall–Kier alpha value is -3.59. The van der Waals surface area contributed by atoms with Gasteiger partial charge in [0, 0.05) is 5.92 Å². The average Bonchev–Trinajstić information content (AvgIpc) is 3.22. The second-order valence-electron chi connectivity index (χ2n) is 9.53. The van der Waals surface area contributed by atoms with Crippen molar-refractivity contribution in [2.75, 3.05) is 6.61 Å². The van der Waals surface area contributed by atoms with Crippen LogP contribution < -0.4 is 4.74 Å². The first-order valence-corrected chi connectivity index (χ1v) is 12.2. The van der Waals surface area contributed by atoms with Gasteiger partial charge in [0.25, 0.3) is 0 Å². The number of fused-ring (bicyclic) bond motifs is 2. The van der Waals surface area contributed by atoms with Gasteiger partial charge < -0.3 is 9.30 Å². The van der Waals surface area contributed by atoms with Gasteiger partial charge in [-0.2, -0.15) is 0 Å². The highest BCUT2D eigenvalue weighted by molar-refractivity contribution is 5.83. The van der Waals surface area contributed by atoms with Crippen LogP contribution in [0.3, 0.4) is 0 Å². The van der Waals surface area contributed by atoms with E-state index in [0.29, 0.717) is 12.5 Å². The van der Waals surface area contributed by atoms with Crippen molar-refractivity contribution in [1.29, 1.82) is 0 Å². The maximum absolute atomic E-state index is 6.18. The van der Waals surface area contributed by atoms with Crippen LogP contribution in [0, 0.1) is 5.92 Å². The lowest BCUT2D eigenvalue weighted by molar-refractivity contribution is 0.298. The Morgan fingerprint density at radius 3 is 2.32 bits per heavy atom. The lowest BCUT2D eigenvalue weighted by Gasteiger charge is -2.16. The van der Waals surface area contributed by atoms with Gasteiger partial charge in [0.15, 0.2) is 0 Å². The summed E-state index contributed by atoms with van der Waals surface area (Å²) in [5, 5.41) is 2.43. The van der Waals surface area contributed by atoms with Gasteiger partial charge in [0.2, 0.25) is 0 Å². The molecule has 0 amide bonds. The van der Waals surface area contributed by atoms with Crippen molar-refractivity contribution < 1.29 is 4.74 Å². The second-order valence-corrected chi connectivity index (χ2v) is 9.53. The van der Waals surface area contributed by atoms with E-state index in [1.54, 1.807) is 0 Å². The number of para-hydroxylation sites is 2. The van der Waals surface area contributed by atoms with Gasteiger partial charge in [-0.3, -0.25) is 0 Å². The molecule has 172 valence electrons. The molecule has 3 heteroatoms. The van der Waals surface area contributed by atoms with Crippen molar-refractivity contribution in [3.63, 3.8) is 0 Å². The normalized spacial score (nSPS) is 12.5. The summed E-state index contributed by atoms with van der Waals surface area (Å²) in [6, 6.07) is 32.1. The Bertz CT molecular complexity index is 1400. The molecule has 0 aliphatic carbocycles. The van der Waals surface area contributed by atoms with Crippen LogP contribution >= 0.6 is 0 Å². The highest BCUT2D eigenvalue weighted by Gasteiger charge is 2.18. The molecule has 0 saturated carbocycles. The van der Waals surface area contributed by atoms with Crippen LogP contribution in [0.15, 0.2) is 91.0 Å². The zero-order valence-corrected chi connectivity index (χ0v) is 20.2. The fourth-order valence-corrected chi connectivity index (χ4v) is 4.73. The molecule has 0 saturated heterocycles. The summed E-state index contributed by atoms with van der Waals surface area (Å²) in [5.41, 5.74) is 4.87. The molecular weight excluding hydrogens is 416 g/mol. The molecule has 0 spiro atoms. The van der Waals surface area contributed by atoms with Crippen molar-refractivity contribution in [1.82, 2.24) is 9.55 Å². The van der Waals surface area contributed by atoms with E-state index in [4.69, 9.17) is 9.72 Å². The molecule has 5 aromatic rings. The van der Waals surface area contributed by atoms with Crippen molar-refractivity contribution in [2.24, 2.45) is 5.92 Å². The first-order chi connectivity index (χ1) is 16.6. The monoisotopic (exact) mass is 448 g/mol. The number of ether oxygens (including phenoxy) is 1. The number of benzene rings is 4. The van der Waals surface area contributed by atoms with Gasteiger partial charge in [-0.1, -0.05) is 87.5 Å². The van der Waals surface area contributed by atoms with Crippen molar-refractivity contribution in [3.05, 3.63) is 108 Å². The first-order valence-electron chi connectivity index (χ1n) is 12.2. The molecule has 0 N–H and O–H groups in total. The minimum atomic E-state index is 0.196. The van der Waals surface area contributed by atoms with Crippen LogP contribution in [0.5, 0.6) is 5.75 Å². The van der Waals surface area contributed by atoms with E-state index in [0.717, 1.165) is 35.6 Å². The summed E-state index contributed by atoms with van der Waals surface area (Å²) in [4.78, 5) is 5.03. The summed E-state index contributed by atoms with van der Waals surface area (Å²) in [6.07, 6.45) is 1.11. The quantitative estimate of drug-likeness (QED) is 0.244. The topological polar surface area (TPSA) is 27.1 Å². The third kappa shape index (κ3) is 4.70. The Labute approximate surface area is 202 Å². The minimum absolute atomic E-state index is 0.196. The van der Waals surface area contributed by atoms with Gasteiger partial charge in [-0.15, -0.1) is 0 Å². The van der Waals surface area contributed by atoms with E-state index < -0.39 is 0 Å². The van der Waals surface area contributed by atoms with Gasteiger partial charge in [0.1, 0.15) is 18.2 Å². The van der Waals surface area contributed by atoms with Gasteiger partial charge in [-0.05, 0) is 58.5 Å². The number of hydrogen-bond acceptors (Lipinski definition) is 2. The molecule has 1 aromatic heterocycles. The molecule has 1 unspecified atom stereocenters. The first kappa shape index (κ1) is 22.2. The maximum Gasteiger partial charge on any atom is 0.120 e. The van der Waals surface area contributed by atoms with E-state index in [1.165, 1.54) is 21.9 Å². The molecule has 34 heavy (non-hydrogen) atoms. The highest BCUT2D eigenvalue weighted by atomic mass is 16.5. The van der Waals surface area contributed by atoms with Gasteiger partial charge >= 0.3 is 0 Å². The van der Waals surface area contributed by atoms with Crippen molar-refractivity contribution in [2.45, 2.75) is 39.7 Å². The van der Waals surface area contributed by atoms with E-state index in [2.05, 4.69) is 116 Å². The van der Waals surface area contributed by atoms with E-state index >= 15 is 0 Å². The summed E-state index contributed by atoms with van der Waals surface area (Å²) in [5.74, 6) is 2.84. The predicted molar refractivity (Wildman–Crippen MR) is 142 cm³/mol. The Morgan fingerprint density at radius 1 is 0.794 bits per heavy atom. The molecule has 5 rings (SSSR count). The van der Waals surface area contributed by atoms with Gasteiger partial charge in [-0.25, -0.2) is 4.98 Å². The molecule has 0 bridgehead atoms. The highest BCUT2D eigenvalue weighted by Crippen LogP contribution is 2.28. The average molecular weight is 449 g/mol. The van der Waals surface area contributed by atoms with Crippen LogP contribution in [0.1, 0.15) is 43.6 Å². The van der Waals surface area contributed by atoms with Gasteiger partial charge in [0.05, 0.1) is 17.6 Å². The largest absolute Gasteiger partial charge is 0.492 e. The third-order valence-electron chi connectivity index (χ3n) is 6.50. The summed E-state index contributed by atoms with van der Waals surface area (Å²) in [7, 11) is 0. The molecule has 4 aromatic carbocycles. The smallest absolute Gasteiger partial charge is 0.120 e. The SMILES string of the molecule is CC(C)Cc1ccc(C(C)c2nc3ccccc3n2CCOc2ccc3ccccc3c2)cc1. The summed E-state index contributed by atoms with van der Waals surface area (Å²) >= 11 is 0. The Balaban J connectivity index is 1.38. The van der Waals surface area contributed by atoms with Crippen molar-refractivity contribution >= 4 is 21.8 Å². The number of rotatable bonds is 8. The fraction of sp³-hybridized carbons (Fsp3) is 0.258. The van der Waals surface area contributed by atoms with Crippen LogP contribution in [-0.4, -0.2) is 16.2 Å². The fourth-order valence-electron chi connectivity index (χ4n) is 4.73. The lowest BCUT2D eigenvalue weighted by Crippen LogP contribution is -2.13. The number of nitrogens with zero attached hydrogens (tertiary/aromatic N) is 2. The minimum Gasteiger partial charge on any atom is -0.492 e. The molecule has 0 aliphatic heterocycles. The van der Waals surface area contributed by atoms with Crippen LogP contribution in [0.25, 0.3) is 21.8 Å². The predicted octanol–water partition coefficient (Wildman–Crippen LogP) is 7.62. The zero-order chi connectivity index (χ0) is 23.5. The van der Waals surface area contributed by atoms with Crippen molar-refractivity contribution in [3.8, 4) is 5.75 Å². The second kappa shape index (κ2) is 9.72. The Kier molecular flexibility index (Phi) is 6.35. The standard InChI is InChI=1S/C31H32N2O/c1-22(2)20-24-12-14-25(15-13-24)23(3)31-32-29-10-6-7-11-30(29)33(31)18-19-34-28-17-16-26-8-4-5-9-27(26)21-28/h4-17,21-23H,18-20H2,1-3H3. The van der Waals surface area contributed by atoms with Crippen LogP contribution in [0.2, 0.25) is 0 Å². The van der Waals surface area contributed by atoms with E-state index in [-0.39, 0.29) is 5.92 Å². The molecule has 0 aliphatic rings. The summed E-state index contributed by atoms with van der Waals surface area (Å²) < 4.78 is 8.50. The third-order valence-corrected chi connectivity index (χ3v) is 6.50. The maximum atomic E-state index is 6.18. The molecule has 0 fully saturated rings. The van der Waals surface area contributed by atoms with Crippen LogP contribution in [0.4, 0.5) is 0 Å².